The van der Waals surface area contributed by atoms with E-state index >= 15 is 0 Å². The molecule has 1 aliphatic carbocycles. The summed E-state index contributed by atoms with van der Waals surface area (Å²) in [5.41, 5.74) is 12.5. The zero-order chi connectivity index (χ0) is 20.3. The fourth-order valence-electron chi connectivity index (χ4n) is 3.45. The summed E-state index contributed by atoms with van der Waals surface area (Å²) in [6.07, 6.45) is 4.04. The van der Waals surface area contributed by atoms with E-state index in [1.54, 1.807) is 6.07 Å². The molecule has 1 heterocycles. The Balaban J connectivity index is 1.80. The molecule has 1 aromatic carbocycles. The van der Waals surface area contributed by atoms with Gasteiger partial charge in [-0.05, 0) is 55.7 Å². The summed E-state index contributed by atoms with van der Waals surface area (Å²) in [5.74, 6) is -0.174. The number of nitrogen functional groups attached to an aromatic ring is 1. The van der Waals surface area contributed by atoms with Crippen molar-refractivity contribution in [2.75, 3.05) is 11.1 Å². The van der Waals surface area contributed by atoms with E-state index in [4.69, 9.17) is 23.1 Å². The van der Waals surface area contributed by atoms with Crippen molar-refractivity contribution in [3.8, 4) is 0 Å². The Morgan fingerprint density at radius 1 is 1.29 bits per heavy atom. The number of nitrogens with two attached hydrogens (primary N) is 2. The van der Waals surface area contributed by atoms with Gasteiger partial charge in [0.25, 0.3) is 0 Å². The molecular formula is C18H22ClFN6O2. The molecule has 10 heteroatoms. The summed E-state index contributed by atoms with van der Waals surface area (Å²) < 4.78 is 13.2. The normalized spacial score (nSPS) is 19.4. The number of nitrogens with zero attached hydrogens (tertiary/aromatic N) is 3. The minimum Gasteiger partial charge on any atom is -0.378 e. The highest BCUT2D eigenvalue weighted by molar-refractivity contribution is 6.31. The van der Waals surface area contributed by atoms with Crippen molar-refractivity contribution in [2.24, 2.45) is 11.7 Å². The van der Waals surface area contributed by atoms with Crippen LogP contribution in [-0.4, -0.2) is 20.9 Å². The van der Waals surface area contributed by atoms with Crippen LogP contribution >= 0.6 is 11.6 Å². The Morgan fingerprint density at radius 3 is 2.64 bits per heavy atom. The molecule has 8 nitrogen and oxygen atoms in total. The number of hydrogen-bond donors (Lipinski definition) is 3. The lowest BCUT2D eigenvalue weighted by atomic mass is 9.83. The van der Waals surface area contributed by atoms with Crippen LogP contribution in [0.5, 0.6) is 0 Å². The lowest BCUT2D eigenvalue weighted by Crippen LogP contribution is -2.27. The number of nitro groups is 1. The Hall–Kier alpha value is -2.52. The Bertz CT molecular complexity index is 873. The van der Waals surface area contributed by atoms with Crippen molar-refractivity contribution in [3.63, 3.8) is 0 Å². The number of rotatable bonds is 6. The van der Waals surface area contributed by atoms with Gasteiger partial charge in [0.1, 0.15) is 11.5 Å². The minimum absolute atomic E-state index is 0.172. The molecule has 0 amide bonds. The molecule has 5 N–H and O–H groups in total. The standard InChI is InChI=1S/C18H22ClFN6O2/c19-14-8-12(20)4-3-11(14)9-23-18-24-15(16(26(27)28)17(22)25-18)7-10-1-5-13(21)6-2-10/h3-4,8,10,13H,1-2,5-7,9,21H2,(H3,22,23,24,25). The van der Waals surface area contributed by atoms with Crippen LogP contribution in [0.2, 0.25) is 5.02 Å². The molecular weight excluding hydrogens is 387 g/mol. The number of anilines is 2. The molecule has 0 atom stereocenters. The first-order valence-electron chi connectivity index (χ1n) is 9.07. The molecule has 0 saturated heterocycles. The minimum atomic E-state index is -0.542. The van der Waals surface area contributed by atoms with Crippen LogP contribution in [0.25, 0.3) is 0 Å². The fraction of sp³-hybridized carbons (Fsp3) is 0.444. The van der Waals surface area contributed by atoms with Gasteiger partial charge in [0, 0.05) is 17.6 Å². The number of nitrogens with one attached hydrogen (secondary N) is 1. The lowest BCUT2D eigenvalue weighted by Gasteiger charge is -2.25. The van der Waals surface area contributed by atoms with Crippen molar-refractivity contribution < 1.29 is 9.31 Å². The number of hydrogen-bond acceptors (Lipinski definition) is 7. The van der Waals surface area contributed by atoms with E-state index in [1.807, 2.05) is 0 Å². The summed E-state index contributed by atoms with van der Waals surface area (Å²) in [5, 5.41) is 14.7. The third kappa shape index (κ3) is 4.85. The van der Waals surface area contributed by atoms with Gasteiger partial charge in [0.2, 0.25) is 11.8 Å². The Labute approximate surface area is 166 Å². The van der Waals surface area contributed by atoms with Crippen molar-refractivity contribution in [3.05, 3.63) is 50.4 Å². The van der Waals surface area contributed by atoms with Crippen molar-refractivity contribution in [1.29, 1.82) is 0 Å². The third-order valence-electron chi connectivity index (χ3n) is 4.99. The Kier molecular flexibility index (Phi) is 6.25. The molecule has 1 fully saturated rings. The second kappa shape index (κ2) is 8.66. The molecule has 150 valence electrons. The maximum atomic E-state index is 13.2. The molecule has 1 aliphatic rings. The average Bonchev–Trinajstić information content (AvgIpc) is 2.62. The van der Waals surface area contributed by atoms with E-state index in [-0.39, 0.29) is 41.0 Å². The summed E-state index contributed by atoms with van der Waals surface area (Å²) in [6, 6.07) is 4.25. The van der Waals surface area contributed by atoms with Gasteiger partial charge in [-0.2, -0.15) is 4.98 Å². The topological polar surface area (TPSA) is 133 Å². The first-order chi connectivity index (χ1) is 13.3. The van der Waals surface area contributed by atoms with Gasteiger partial charge < -0.3 is 16.8 Å². The summed E-state index contributed by atoms with van der Waals surface area (Å²) in [4.78, 5) is 19.3. The predicted molar refractivity (Wildman–Crippen MR) is 105 cm³/mol. The molecule has 28 heavy (non-hydrogen) atoms. The highest BCUT2D eigenvalue weighted by Gasteiger charge is 2.27. The van der Waals surface area contributed by atoms with Gasteiger partial charge in [0.15, 0.2) is 0 Å². The van der Waals surface area contributed by atoms with Gasteiger partial charge in [0.05, 0.1) is 4.92 Å². The highest BCUT2D eigenvalue weighted by atomic mass is 35.5. The van der Waals surface area contributed by atoms with Crippen LogP contribution < -0.4 is 16.8 Å². The molecule has 0 radical (unpaired) electrons. The van der Waals surface area contributed by atoms with Crippen LogP contribution in [-0.2, 0) is 13.0 Å². The van der Waals surface area contributed by atoms with Gasteiger partial charge in [-0.1, -0.05) is 17.7 Å². The zero-order valence-electron chi connectivity index (χ0n) is 15.2. The van der Waals surface area contributed by atoms with Gasteiger partial charge in [-0.15, -0.1) is 0 Å². The molecule has 1 saturated carbocycles. The number of benzene rings is 1. The maximum absolute atomic E-state index is 13.2. The molecule has 1 aromatic heterocycles. The quantitative estimate of drug-likeness (QED) is 0.492. The first kappa shape index (κ1) is 20.2. The van der Waals surface area contributed by atoms with E-state index < -0.39 is 10.7 Å². The summed E-state index contributed by atoms with van der Waals surface area (Å²) in [6.45, 7) is 0.230. The van der Waals surface area contributed by atoms with E-state index in [0.29, 0.717) is 17.7 Å². The largest absolute Gasteiger partial charge is 0.378 e. The highest BCUT2D eigenvalue weighted by Crippen LogP contribution is 2.32. The average molecular weight is 409 g/mol. The second-order valence-electron chi connectivity index (χ2n) is 7.06. The van der Waals surface area contributed by atoms with E-state index in [2.05, 4.69) is 15.3 Å². The van der Waals surface area contributed by atoms with Gasteiger partial charge in [-0.3, -0.25) is 10.1 Å². The van der Waals surface area contributed by atoms with Crippen LogP contribution in [0.4, 0.5) is 21.8 Å². The molecule has 2 aromatic rings. The molecule has 3 rings (SSSR count). The van der Waals surface area contributed by atoms with E-state index in [0.717, 1.165) is 25.7 Å². The van der Waals surface area contributed by atoms with Crippen LogP contribution in [0, 0.1) is 21.8 Å². The number of halogens is 2. The molecule has 0 spiro atoms. The van der Waals surface area contributed by atoms with Crippen molar-refractivity contribution in [2.45, 2.75) is 44.7 Å². The van der Waals surface area contributed by atoms with Crippen molar-refractivity contribution in [1.82, 2.24) is 9.97 Å². The van der Waals surface area contributed by atoms with Crippen LogP contribution in [0.1, 0.15) is 36.9 Å². The smallest absolute Gasteiger partial charge is 0.332 e. The number of aromatic nitrogens is 2. The maximum Gasteiger partial charge on any atom is 0.332 e. The third-order valence-corrected chi connectivity index (χ3v) is 5.34. The second-order valence-corrected chi connectivity index (χ2v) is 7.47. The Morgan fingerprint density at radius 2 is 2.00 bits per heavy atom. The van der Waals surface area contributed by atoms with Crippen LogP contribution in [0.3, 0.4) is 0 Å². The van der Waals surface area contributed by atoms with Crippen LogP contribution in [0.15, 0.2) is 18.2 Å². The summed E-state index contributed by atoms with van der Waals surface area (Å²) in [7, 11) is 0. The van der Waals surface area contributed by atoms with Gasteiger partial charge >= 0.3 is 5.69 Å². The summed E-state index contributed by atoms with van der Waals surface area (Å²) >= 11 is 6.02. The lowest BCUT2D eigenvalue weighted by molar-refractivity contribution is -0.385. The SMILES string of the molecule is Nc1nc(NCc2ccc(F)cc2Cl)nc(CC2CCC(N)CC2)c1[N+](=O)[O-]. The predicted octanol–water partition coefficient (Wildman–Crippen LogP) is 3.43. The van der Waals surface area contributed by atoms with Gasteiger partial charge in [-0.25, -0.2) is 9.37 Å². The monoisotopic (exact) mass is 408 g/mol. The van der Waals surface area contributed by atoms with Crippen molar-refractivity contribution >= 4 is 29.1 Å². The first-order valence-corrected chi connectivity index (χ1v) is 9.45. The molecule has 0 aliphatic heterocycles. The fourth-order valence-corrected chi connectivity index (χ4v) is 3.68. The molecule has 0 bridgehead atoms. The van der Waals surface area contributed by atoms with E-state index in [9.17, 15) is 14.5 Å². The molecule has 0 unspecified atom stereocenters. The zero-order valence-corrected chi connectivity index (χ0v) is 16.0. The van der Waals surface area contributed by atoms with E-state index in [1.165, 1.54) is 12.1 Å².